The maximum atomic E-state index is 12.5. The van der Waals surface area contributed by atoms with Gasteiger partial charge in [0.15, 0.2) is 5.16 Å². The zero-order valence-electron chi connectivity index (χ0n) is 9.42. The third-order valence-electron chi connectivity index (χ3n) is 1.92. The van der Waals surface area contributed by atoms with E-state index in [2.05, 4.69) is 20.2 Å². The zero-order chi connectivity index (χ0) is 14.0. The molecule has 7 nitrogen and oxygen atoms in total. The Balaban J connectivity index is 2.26. The largest absolute Gasteiger partial charge is 0.481 e. The highest BCUT2D eigenvalue weighted by molar-refractivity contribution is 7.99. The van der Waals surface area contributed by atoms with Crippen molar-refractivity contribution in [3.05, 3.63) is 18.1 Å². The molecule has 0 fully saturated rings. The number of hydrogen-bond acceptors (Lipinski definition) is 7. The lowest BCUT2D eigenvalue weighted by Crippen LogP contribution is -2.21. The van der Waals surface area contributed by atoms with E-state index in [4.69, 9.17) is 10.6 Å². The number of ether oxygens (including phenoxy) is 1. The second-order valence-electron chi connectivity index (χ2n) is 3.16. The van der Waals surface area contributed by atoms with Gasteiger partial charge in [-0.25, -0.2) is 9.66 Å². The highest BCUT2D eigenvalue weighted by Gasteiger charge is 2.38. The second kappa shape index (κ2) is 4.91. The molecule has 11 heteroatoms. The Bertz CT molecular complexity index is 586. The van der Waals surface area contributed by atoms with Gasteiger partial charge in [0.2, 0.25) is 11.0 Å². The molecule has 2 N–H and O–H groups in total. The summed E-state index contributed by atoms with van der Waals surface area (Å²) in [6.07, 6.45) is -3.27. The normalized spacial score (nSPS) is 11.6. The molecule has 0 amide bonds. The molecule has 102 valence electrons. The molecule has 0 radical (unpaired) electrons. The van der Waals surface area contributed by atoms with Crippen molar-refractivity contribution in [1.29, 1.82) is 0 Å². The van der Waals surface area contributed by atoms with Crippen molar-refractivity contribution in [2.75, 3.05) is 13.0 Å². The molecular weight excluding hydrogens is 285 g/mol. The van der Waals surface area contributed by atoms with Gasteiger partial charge in [0, 0.05) is 12.3 Å². The monoisotopic (exact) mass is 292 g/mol. The number of nitrogens with two attached hydrogens (primary N) is 1. The molecule has 2 rings (SSSR count). The maximum Gasteiger partial charge on any atom is 0.453 e. The number of nitrogens with zero attached hydrogens (tertiary/aromatic N) is 5. The summed E-state index contributed by atoms with van der Waals surface area (Å²) in [6, 6.07) is 1.50. The van der Waals surface area contributed by atoms with Gasteiger partial charge in [-0.15, -0.1) is 10.2 Å². The molecule has 0 bridgehead atoms. The topological polar surface area (TPSA) is 91.7 Å². The van der Waals surface area contributed by atoms with Crippen LogP contribution in [0, 0.1) is 0 Å². The van der Waals surface area contributed by atoms with Crippen LogP contribution in [0.15, 0.2) is 22.6 Å². The van der Waals surface area contributed by atoms with Crippen molar-refractivity contribution in [2.24, 2.45) is 0 Å². The predicted molar refractivity (Wildman–Crippen MR) is 57.9 cm³/mol. The van der Waals surface area contributed by atoms with Gasteiger partial charge in [0.05, 0.1) is 7.11 Å². The average molecular weight is 292 g/mol. The van der Waals surface area contributed by atoms with E-state index in [1.165, 1.54) is 19.4 Å². The van der Waals surface area contributed by atoms with Gasteiger partial charge in [-0.3, -0.25) is 0 Å². The van der Waals surface area contributed by atoms with Crippen molar-refractivity contribution in [2.45, 2.75) is 16.5 Å². The molecular formula is C8H7F3N6OS. The fourth-order valence-corrected chi connectivity index (χ4v) is 1.79. The standard InChI is InChI=1S/C8H7F3N6OS/c1-18-4-2-3-13-6(14-4)19-7-16-15-5(17(7)12)8(9,10)11/h2-3H,12H2,1H3. The van der Waals surface area contributed by atoms with Crippen LogP contribution in [0.3, 0.4) is 0 Å². The number of rotatable bonds is 3. The Morgan fingerprint density at radius 3 is 2.68 bits per heavy atom. The molecule has 0 aliphatic heterocycles. The van der Waals surface area contributed by atoms with Crippen molar-refractivity contribution in [3.8, 4) is 5.88 Å². The van der Waals surface area contributed by atoms with Crippen LogP contribution < -0.4 is 10.6 Å². The average Bonchev–Trinajstić information content (AvgIpc) is 2.71. The first-order chi connectivity index (χ1) is 8.91. The third-order valence-corrected chi connectivity index (χ3v) is 2.76. The fourth-order valence-electron chi connectivity index (χ4n) is 1.11. The van der Waals surface area contributed by atoms with Gasteiger partial charge < -0.3 is 10.6 Å². The van der Waals surface area contributed by atoms with Crippen molar-refractivity contribution >= 4 is 11.8 Å². The van der Waals surface area contributed by atoms with E-state index < -0.39 is 12.0 Å². The SMILES string of the molecule is COc1ccnc(Sc2nnc(C(F)(F)F)n2N)n1. The van der Waals surface area contributed by atoms with Crippen LogP contribution in [-0.4, -0.2) is 32.0 Å². The van der Waals surface area contributed by atoms with Crippen LogP contribution in [0.1, 0.15) is 5.82 Å². The number of methoxy groups -OCH3 is 1. The van der Waals surface area contributed by atoms with Gasteiger partial charge in [-0.1, -0.05) is 0 Å². The van der Waals surface area contributed by atoms with Crippen LogP contribution in [0.2, 0.25) is 0 Å². The van der Waals surface area contributed by atoms with Crippen LogP contribution in [0.4, 0.5) is 13.2 Å². The van der Waals surface area contributed by atoms with E-state index in [-0.39, 0.29) is 16.2 Å². The maximum absolute atomic E-state index is 12.5. The molecule has 2 heterocycles. The zero-order valence-corrected chi connectivity index (χ0v) is 10.2. The lowest BCUT2D eigenvalue weighted by atomic mass is 10.6. The van der Waals surface area contributed by atoms with E-state index in [1.54, 1.807) is 0 Å². The summed E-state index contributed by atoms with van der Waals surface area (Å²) in [5.41, 5.74) is 0. The van der Waals surface area contributed by atoms with Crippen molar-refractivity contribution in [3.63, 3.8) is 0 Å². The Labute approximate surface area is 109 Å². The first-order valence-electron chi connectivity index (χ1n) is 4.74. The van der Waals surface area contributed by atoms with E-state index in [1.807, 2.05) is 0 Å². The van der Waals surface area contributed by atoms with Crippen LogP contribution in [-0.2, 0) is 6.18 Å². The quantitative estimate of drug-likeness (QED) is 0.665. The van der Waals surface area contributed by atoms with Gasteiger partial charge >= 0.3 is 6.18 Å². The number of alkyl halides is 3. The second-order valence-corrected chi connectivity index (χ2v) is 4.09. The van der Waals surface area contributed by atoms with E-state index >= 15 is 0 Å². The van der Waals surface area contributed by atoms with Crippen LogP contribution in [0.25, 0.3) is 0 Å². The smallest absolute Gasteiger partial charge is 0.453 e. The molecule has 2 aromatic heterocycles. The Morgan fingerprint density at radius 2 is 2.11 bits per heavy atom. The first kappa shape index (κ1) is 13.4. The van der Waals surface area contributed by atoms with E-state index in [0.717, 1.165) is 11.8 Å². The van der Waals surface area contributed by atoms with Crippen LogP contribution >= 0.6 is 11.8 Å². The van der Waals surface area contributed by atoms with Gasteiger partial charge in [0.25, 0.3) is 5.82 Å². The minimum atomic E-state index is -4.67. The summed E-state index contributed by atoms with van der Waals surface area (Å²) >= 11 is 0.743. The van der Waals surface area contributed by atoms with Crippen molar-refractivity contribution in [1.82, 2.24) is 24.8 Å². The van der Waals surface area contributed by atoms with E-state index in [9.17, 15) is 13.2 Å². The number of hydrogen-bond donors (Lipinski definition) is 1. The molecule has 0 aliphatic rings. The van der Waals surface area contributed by atoms with Gasteiger partial charge in [0.1, 0.15) is 0 Å². The predicted octanol–water partition coefficient (Wildman–Crippen LogP) is 0.960. The molecule has 0 saturated carbocycles. The summed E-state index contributed by atoms with van der Waals surface area (Å²) in [7, 11) is 1.41. The summed E-state index contributed by atoms with van der Waals surface area (Å²) in [4.78, 5) is 7.76. The van der Waals surface area contributed by atoms with Crippen LogP contribution in [0.5, 0.6) is 5.88 Å². The fraction of sp³-hybridized carbons (Fsp3) is 0.250. The minimum absolute atomic E-state index is 0.146. The Kier molecular flexibility index (Phi) is 3.46. The minimum Gasteiger partial charge on any atom is -0.481 e. The highest BCUT2D eigenvalue weighted by atomic mass is 32.2. The highest BCUT2D eigenvalue weighted by Crippen LogP contribution is 2.30. The lowest BCUT2D eigenvalue weighted by Gasteiger charge is -2.05. The first-order valence-corrected chi connectivity index (χ1v) is 5.56. The lowest BCUT2D eigenvalue weighted by molar-refractivity contribution is -0.146. The number of aromatic nitrogens is 5. The molecule has 0 saturated heterocycles. The summed E-state index contributed by atoms with van der Waals surface area (Å²) in [5, 5.41) is 6.29. The summed E-state index contributed by atoms with van der Waals surface area (Å²) < 4.78 is 42.6. The molecule has 0 atom stereocenters. The molecule has 0 aliphatic carbocycles. The Hall–Kier alpha value is -2.04. The molecule has 0 aromatic carbocycles. The van der Waals surface area contributed by atoms with Crippen molar-refractivity contribution < 1.29 is 17.9 Å². The summed E-state index contributed by atoms with van der Waals surface area (Å²) in [5.74, 6) is 4.25. The molecule has 2 aromatic rings. The van der Waals surface area contributed by atoms with Gasteiger partial charge in [-0.05, 0) is 11.8 Å². The molecule has 19 heavy (non-hydrogen) atoms. The molecule has 0 unspecified atom stereocenters. The number of nitrogen functional groups attached to an aromatic ring is 1. The van der Waals surface area contributed by atoms with E-state index in [0.29, 0.717) is 4.68 Å². The summed E-state index contributed by atoms with van der Waals surface area (Å²) in [6.45, 7) is 0. The Morgan fingerprint density at radius 1 is 1.37 bits per heavy atom. The van der Waals surface area contributed by atoms with Gasteiger partial charge in [-0.2, -0.15) is 18.2 Å². The third kappa shape index (κ3) is 2.86. The number of halogens is 3. The molecule has 0 spiro atoms.